The molecule has 178 valence electrons. The molecule has 0 aliphatic carbocycles. The second-order valence-electron chi connectivity index (χ2n) is 9.22. The fourth-order valence-electron chi connectivity index (χ4n) is 3.30. The molecule has 0 saturated heterocycles. The molecule has 7 heteroatoms. The maximum Gasteiger partial charge on any atom is 0.511 e. The van der Waals surface area contributed by atoms with Crippen LogP contribution in [0, 0.1) is 25.2 Å². The van der Waals surface area contributed by atoms with Gasteiger partial charge in [-0.1, -0.05) is 52.0 Å². The number of aryl methyl sites for hydroxylation is 2. The molecule has 0 N–H and O–H groups in total. The van der Waals surface area contributed by atoms with Gasteiger partial charge in [0, 0.05) is 19.5 Å². The zero-order valence-corrected chi connectivity index (χ0v) is 21.1. The fourth-order valence-corrected chi connectivity index (χ4v) is 3.30. The highest BCUT2D eigenvalue weighted by Gasteiger charge is 2.25. The van der Waals surface area contributed by atoms with Crippen molar-refractivity contribution in [2.45, 2.75) is 79.6 Å². The third-order valence-corrected chi connectivity index (χ3v) is 5.53. The smallest absolute Gasteiger partial charge is 0.451 e. The standard InChI is InChI=1S/C26H35N3O4/c1-10-16(2)31-25(30)33-19(5)32-24(23-17(3)18(4)28-29(23)9)22(15-27)20-11-13-21(14-12-20)26(6,7)8/h11-14,16,19H,10H2,1-9H3/b24-22-. The summed E-state index contributed by atoms with van der Waals surface area (Å²) in [5.74, 6) is 0.297. The summed E-state index contributed by atoms with van der Waals surface area (Å²) < 4.78 is 18.2. The normalized spacial score (nSPS) is 14.1. The summed E-state index contributed by atoms with van der Waals surface area (Å²) in [6.45, 7) is 15.5. The molecule has 0 aliphatic rings. The van der Waals surface area contributed by atoms with E-state index >= 15 is 0 Å². The third kappa shape index (κ3) is 6.38. The number of rotatable bonds is 7. The topological polar surface area (TPSA) is 86.4 Å². The van der Waals surface area contributed by atoms with Crippen LogP contribution in [0.3, 0.4) is 0 Å². The lowest BCUT2D eigenvalue weighted by Gasteiger charge is -2.21. The number of hydrogen-bond acceptors (Lipinski definition) is 6. The van der Waals surface area contributed by atoms with E-state index in [9.17, 15) is 10.1 Å². The summed E-state index contributed by atoms with van der Waals surface area (Å²) in [6, 6.07) is 10.1. The Balaban J connectivity index is 2.53. The van der Waals surface area contributed by atoms with Gasteiger partial charge in [0.1, 0.15) is 23.4 Å². The first-order chi connectivity index (χ1) is 15.4. The minimum atomic E-state index is -0.983. The van der Waals surface area contributed by atoms with E-state index in [0.29, 0.717) is 29.0 Å². The predicted octanol–water partition coefficient (Wildman–Crippen LogP) is 6.04. The lowest BCUT2D eigenvalue weighted by atomic mass is 9.86. The molecule has 7 nitrogen and oxygen atoms in total. The Hall–Kier alpha value is -3.27. The Bertz CT molecular complexity index is 1050. The largest absolute Gasteiger partial charge is 0.511 e. The molecule has 2 rings (SSSR count). The number of ether oxygens (including phenoxy) is 3. The van der Waals surface area contributed by atoms with Gasteiger partial charge in [0.2, 0.25) is 6.29 Å². The van der Waals surface area contributed by atoms with E-state index in [2.05, 4.69) is 31.9 Å². The van der Waals surface area contributed by atoms with Crippen LogP contribution in [0.2, 0.25) is 0 Å². The monoisotopic (exact) mass is 453 g/mol. The first-order valence-electron chi connectivity index (χ1n) is 11.2. The molecule has 0 saturated carbocycles. The van der Waals surface area contributed by atoms with Gasteiger partial charge >= 0.3 is 6.16 Å². The second-order valence-corrected chi connectivity index (χ2v) is 9.22. The van der Waals surface area contributed by atoms with Crippen molar-refractivity contribution in [3.05, 3.63) is 52.3 Å². The van der Waals surface area contributed by atoms with Gasteiger partial charge in [-0.15, -0.1) is 0 Å². The summed E-state index contributed by atoms with van der Waals surface area (Å²) in [7, 11) is 1.79. The van der Waals surface area contributed by atoms with Gasteiger partial charge < -0.3 is 14.2 Å². The molecule has 33 heavy (non-hydrogen) atoms. The maximum atomic E-state index is 12.1. The number of hydrogen-bond donors (Lipinski definition) is 0. The van der Waals surface area contributed by atoms with E-state index in [0.717, 1.165) is 16.8 Å². The molecule has 0 amide bonds. The molecule has 0 aliphatic heterocycles. The van der Waals surface area contributed by atoms with Crippen LogP contribution in [0.25, 0.3) is 11.3 Å². The van der Waals surface area contributed by atoms with Gasteiger partial charge in [-0.2, -0.15) is 10.4 Å². The number of nitriles is 1. The van der Waals surface area contributed by atoms with Crippen molar-refractivity contribution < 1.29 is 19.0 Å². The molecule has 0 fully saturated rings. The summed E-state index contributed by atoms with van der Waals surface area (Å²) in [4.78, 5) is 12.1. The van der Waals surface area contributed by atoms with Gasteiger partial charge in [-0.25, -0.2) is 4.79 Å². The van der Waals surface area contributed by atoms with E-state index in [1.807, 2.05) is 45.0 Å². The Morgan fingerprint density at radius 3 is 2.18 bits per heavy atom. The van der Waals surface area contributed by atoms with Gasteiger partial charge in [0.05, 0.1) is 5.69 Å². The number of carbonyl (C=O) groups excluding carboxylic acids is 1. The maximum absolute atomic E-state index is 12.1. The van der Waals surface area contributed by atoms with E-state index in [1.165, 1.54) is 0 Å². The third-order valence-electron chi connectivity index (χ3n) is 5.53. The Morgan fingerprint density at radius 2 is 1.73 bits per heavy atom. The molecule has 2 unspecified atom stereocenters. The summed E-state index contributed by atoms with van der Waals surface area (Å²) in [5, 5.41) is 14.6. The molecule has 0 spiro atoms. The fraction of sp³-hybridized carbons (Fsp3) is 0.500. The highest BCUT2D eigenvalue weighted by Crippen LogP contribution is 2.32. The highest BCUT2D eigenvalue weighted by atomic mass is 16.8. The zero-order valence-electron chi connectivity index (χ0n) is 21.1. The lowest BCUT2D eigenvalue weighted by Crippen LogP contribution is -2.22. The van der Waals surface area contributed by atoms with Crippen molar-refractivity contribution in [3.8, 4) is 6.07 Å². The van der Waals surface area contributed by atoms with Gasteiger partial charge in [0.15, 0.2) is 5.76 Å². The Morgan fingerprint density at radius 1 is 1.12 bits per heavy atom. The van der Waals surface area contributed by atoms with Crippen molar-refractivity contribution in [1.29, 1.82) is 5.26 Å². The Labute approximate surface area is 197 Å². The number of allylic oxidation sites excluding steroid dienone is 1. The van der Waals surface area contributed by atoms with Crippen LogP contribution in [-0.2, 0) is 26.7 Å². The van der Waals surface area contributed by atoms with Crippen molar-refractivity contribution in [2.75, 3.05) is 0 Å². The van der Waals surface area contributed by atoms with Gasteiger partial charge in [-0.05, 0) is 43.7 Å². The number of nitrogens with zero attached hydrogens (tertiary/aromatic N) is 3. The van der Waals surface area contributed by atoms with Crippen LogP contribution < -0.4 is 0 Å². The molecular weight excluding hydrogens is 418 g/mol. The van der Waals surface area contributed by atoms with Crippen molar-refractivity contribution in [2.24, 2.45) is 7.05 Å². The minimum absolute atomic E-state index is 0.0114. The predicted molar refractivity (Wildman–Crippen MR) is 128 cm³/mol. The molecule has 1 heterocycles. The molecule has 2 aromatic rings. The van der Waals surface area contributed by atoms with E-state index < -0.39 is 12.4 Å². The lowest BCUT2D eigenvalue weighted by molar-refractivity contribution is -0.0753. The quantitative estimate of drug-likeness (QED) is 0.220. The zero-order chi connectivity index (χ0) is 24.9. The second kappa shape index (κ2) is 10.6. The number of carbonyl (C=O) groups is 1. The first kappa shape index (κ1) is 26.0. The molecule has 1 aromatic heterocycles. The van der Waals surface area contributed by atoms with E-state index in [4.69, 9.17) is 14.2 Å². The first-order valence-corrected chi connectivity index (χ1v) is 11.2. The molecule has 1 aromatic carbocycles. The van der Waals surface area contributed by atoms with Crippen LogP contribution >= 0.6 is 0 Å². The van der Waals surface area contributed by atoms with Crippen LogP contribution in [0.5, 0.6) is 0 Å². The number of aromatic nitrogens is 2. The van der Waals surface area contributed by atoms with Crippen LogP contribution in [0.15, 0.2) is 24.3 Å². The van der Waals surface area contributed by atoms with Gasteiger partial charge in [-0.3, -0.25) is 4.68 Å². The van der Waals surface area contributed by atoms with Crippen LogP contribution in [0.4, 0.5) is 4.79 Å². The molecule has 0 radical (unpaired) electrons. The minimum Gasteiger partial charge on any atom is -0.451 e. The van der Waals surface area contributed by atoms with Crippen molar-refractivity contribution in [3.63, 3.8) is 0 Å². The van der Waals surface area contributed by atoms with E-state index in [-0.39, 0.29) is 11.5 Å². The van der Waals surface area contributed by atoms with Crippen LogP contribution in [-0.4, -0.2) is 28.3 Å². The SMILES string of the molecule is CCC(C)OC(=O)OC(C)O/C(=C(/C#N)c1ccc(C(C)(C)C)cc1)c1c(C)c(C)nn1C. The van der Waals surface area contributed by atoms with Crippen molar-refractivity contribution in [1.82, 2.24) is 9.78 Å². The molecular formula is C26H35N3O4. The Kier molecular flexibility index (Phi) is 8.32. The number of benzene rings is 1. The van der Waals surface area contributed by atoms with Crippen molar-refractivity contribution >= 4 is 17.5 Å². The molecule has 2 atom stereocenters. The average Bonchev–Trinajstić information content (AvgIpc) is 2.98. The van der Waals surface area contributed by atoms with E-state index in [1.54, 1.807) is 25.6 Å². The molecule has 0 bridgehead atoms. The summed E-state index contributed by atoms with van der Waals surface area (Å²) >= 11 is 0. The summed E-state index contributed by atoms with van der Waals surface area (Å²) in [5.41, 5.74) is 4.51. The van der Waals surface area contributed by atoms with Gasteiger partial charge in [0.25, 0.3) is 0 Å². The average molecular weight is 454 g/mol. The summed E-state index contributed by atoms with van der Waals surface area (Å²) in [6.07, 6.45) is -1.39. The van der Waals surface area contributed by atoms with Crippen LogP contribution in [0.1, 0.15) is 76.0 Å². The highest BCUT2D eigenvalue weighted by molar-refractivity contribution is 5.94.